The lowest BCUT2D eigenvalue weighted by atomic mass is 9.86. The second-order valence-electron chi connectivity index (χ2n) is 6.75. The van der Waals surface area contributed by atoms with Gasteiger partial charge in [-0.05, 0) is 47.4 Å². The molecule has 1 aromatic carbocycles. The van der Waals surface area contributed by atoms with E-state index in [9.17, 15) is 10.1 Å². The number of aryl methyl sites for hydroxylation is 1. The normalized spacial score (nSPS) is 11.0. The first kappa shape index (κ1) is 18.0. The molecule has 0 unspecified atom stereocenters. The van der Waals surface area contributed by atoms with Crippen LogP contribution in [0.5, 0.6) is 5.75 Å². The molecule has 5 heteroatoms. The van der Waals surface area contributed by atoms with Crippen LogP contribution in [0.2, 0.25) is 0 Å². The van der Waals surface area contributed by atoms with Crippen molar-refractivity contribution in [2.75, 3.05) is 11.9 Å². The monoisotopic (exact) mass is 342 g/mol. The number of carbonyl (C=O) groups excluding carboxylic acids is 1. The number of carbonyl (C=O) groups is 1. The van der Waals surface area contributed by atoms with E-state index in [-0.39, 0.29) is 17.9 Å². The molecule has 1 aromatic heterocycles. The van der Waals surface area contributed by atoms with Crippen LogP contribution in [0.4, 0.5) is 5.00 Å². The summed E-state index contributed by atoms with van der Waals surface area (Å²) in [5.74, 6) is 0.432. The van der Waals surface area contributed by atoms with Gasteiger partial charge in [0, 0.05) is 0 Å². The van der Waals surface area contributed by atoms with E-state index in [0.29, 0.717) is 16.3 Å². The summed E-state index contributed by atoms with van der Waals surface area (Å²) >= 11 is 1.37. The van der Waals surface area contributed by atoms with Gasteiger partial charge in [-0.15, -0.1) is 11.3 Å². The lowest BCUT2D eigenvalue weighted by molar-refractivity contribution is -0.118. The molecular weight excluding hydrogens is 320 g/mol. The van der Waals surface area contributed by atoms with Gasteiger partial charge >= 0.3 is 0 Å². The van der Waals surface area contributed by atoms with Crippen LogP contribution in [0.25, 0.3) is 0 Å². The van der Waals surface area contributed by atoms with Gasteiger partial charge in [0.1, 0.15) is 16.8 Å². The number of benzene rings is 1. The van der Waals surface area contributed by atoms with Crippen LogP contribution in [0.15, 0.2) is 23.6 Å². The maximum absolute atomic E-state index is 12.2. The van der Waals surface area contributed by atoms with Crippen LogP contribution in [0.1, 0.15) is 43.0 Å². The number of ether oxygens (including phenoxy) is 1. The van der Waals surface area contributed by atoms with E-state index in [2.05, 4.69) is 11.4 Å². The summed E-state index contributed by atoms with van der Waals surface area (Å²) < 4.78 is 5.61. The number of hydrogen-bond donors (Lipinski definition) is 1. The molecule has 0 bridgehead atoms. The summed E-state index contributed by atoms with van der Waals surface area (Å²) in [6, 6.07) is 7.95. The molecule has 0 spiro atoms. The Balaban J connectivity index is 2.07. The van der Waals surface area contributed by atoms with Crippen molar-refractivity contribution in [3.05, 3.63) is 45.8 Å². The standard InChI is InChI=1S/C19H22N2O2S/c1-12-7-6-8-16(13(12)2)23-10-17(22)21-18-14(9-20)15(11-24-18)19(3,4)5/h6-8,11H,10H2,1-5H3,(H,21,22). The van der Waals surface area contributed by atoms with Gasteiger partial charge in [0.15, 0.2) is 6.61 Å². The van der Waals surface area contributed by atoms with Crippen molar-refractivity contribution in [1.29, 1.82) is 5.26 Å². The molecule has 0 aliphatic rings. The van der Waals surface area contributed by atoms with Crippen molar-refractivity contribution in [2.24, 2.45) is 0 Å². The maximum atomic E-state index is 12.2. The minimum Gasteiger partial charge on any atom is -0.483 e. The van der Waals surface area contributed by atoms with E-state index in [0.717, 1.165) is 16.7 Å². The zero-order chi connectivity index (χ0) is 17.9. The number of nitrogens with one attached hydrogen (secondary N) is 1. The number of rotatable bonds is 4. The number of nitriles is 1. The predicted octanol–water partition coefficient (Wildman–Crippen LogP) is 4.55. The quantitative estimate of drug-likeness (QED) is 0.886. The average molecular weight is 342 g/mol. The van der Waals surface area contributed by atoms with Crippen molar-refractivity contribution in [3.63, 3.8) is 0 Å². The average Bonchev–Trinajstić information content (AvgIpc) is 2.91. The van der Waals surface area contributed by atoms with E-state index in [1.165, 1.54) is 11.3 Å². The molecule has 4 nitrogen and oxygen atoms in total. The van der Waals surface area contributed by atoms with E-state index in [4.69, 9.17) is 4.74 Å². The molecule has 0 aliphatic carbocycles. The number of thiophene rings is 1. The van der Waals surface area contributed by atoms with E-state index in [1.807, 2.05) is 58.2 Å². The SMILES string of the molecule is Cc1cccc(OCC(=O)Nc2scc(C(C)(C)C)c2C#N)c1C. The third kappa shape index (κ3) is 3.95. The summed E-state index contributed by atoms with van der Waals surface area (Å²) in [7, 11) is 0. The fraction of sp³-hybridized carbons (Fsp3) is 0.368. The maximum Gasteiger partial charge on any atom is 0.262 e. The van der Waals surface area contributed by atoms with E-state index in [1.54, 1.807) is 0 Å². The molecule has 0 radical (unpaired) electrons. The Bertz CT molecular complexity index is 795. The van der Waals surface area contributed by atoms with E-state index < -0.39 is 0 Å². The molecule has 0 aliphatic heterocycles. The first-order valence-corrected chi connectivity index (χ1v) is 8.63. The van der Waals surface area contributed by atoms with Crippen LogP contribution in [0.3, 0.4) is 0 Å². The van der Waals surface area contributed by atoms with Crippen LogP contribution in [0, 0.1) is 25.2 Å². The van der Waals surface area contributed by atoms with Gasteiger partial charge in [-0.2, -0.15) is 5.26 Å². The molecule has 24 heavy (non-hydrogen) atoms. The molecule has 2 aromatic rings. The van der Waals surface area contributed by atoms with Gasteiger partial charge in [0.05, 0.1) is 5.56 Å². The lowest BCUT2D eigenvalue weighted by Gasteiger charge is -2.17. The summed E-state index contributed by atoms with van der Waals surface area (Å²) in [5, 5.41) is 14.7. The zero-order valence-electron chi connectivity index (χ0n) is 14.7. The smallest absolute Gasteiger partial charge is 0.262 e. The highest BCUT2D eigenvalue weighted by Gasteiger charge is 2.23. The third-order valence-electron chi connectivity index (χ3n) is 3.88. The summed E-state index contributed by atoms with van der Waals surface area (Å²) in [6.45, 7) is 10.0. The zero-order valence-corrected chi connectivity index (χ0v) is 15.5. The topological polar surface area (TPSA) is 62.1 Å². The Morgan fingerprint density at radius 3 is 2.67 bits per heavy atom. The van der Waals surface area contributed by atoms with Gasteiger partial charge in [-0.3, -0.25) is 4.79 Å². The molecule has 126 valence electrons. The van der Waals surface area contributed by atoms with Crippen LogP contribution in [-0.2, 0) is 10.2 Å². The van der Waals surface area contributed by atoms with Crippen molar-refractivity contribution >= 4 is 22.2 Å². The second-order valence-corrected chi connectivity index (χ2v) is 7.63. The van der Waals surface area contributed by atoms with Crippen molar-refractivity contribution < 1.29 is 9.53 Å². The van der Waals surface area contributed by atoms with Crippen molar-refractivity contribution in [2.45, 2.75) is 40.0 Å². The Hall–Kier alpha value is -2.32. The lowest BCUT2D eigenvalue weighted by Crippen LogP contribution is -2.21. The highest BCUT2D eigenvalue weighted by atomic mass is 32.1. The largest absolute Gasteiger partial charge is 0.483 e. The van der Waals surface area contributed by atoms with Crippen LogP contribution < -0.4 is 10.1 Å². The molecule has 0 atom stereocenters. The second kappa shape index (κ2) is 7.06. The Morgan fingerprint density at radius 2 is 2.04 bits per heavy atom. The minimum atomic E-state index is -0.269. The summed E-state index contributed by atoms with van der Waals surface area (Å²) in [6.07, 6.45) is 0. The highest BCUT2D eigenvalue weighted by Crippen LogP contribution is 2.35. The number of nitrogens with zero attached hydrogens (tertiary/aromatic N) is 1. The molecule has 2 rings (SSSR count). The first-order valence-electron chi connectivity index (χ1n) is 7.75. The molecule has 0 saturated carbocycles. The molecule has 1 heterocycles. The number of anilines is 1. The van der Waals surface area contributed by atoms with E-state index >= 15 is 0 Å². The van der Waals surface area contributed by atoms with Crippen molar-refractivity contribution in [3.8, 4) is 11.8 Å². The predicted molar refractivity (Wildman–Crippen MR) is 97.8 cm³/mol. The van der Waals surface area contributed by atoms with Gasteiger partial charge in [0.25, 0.3) is 5.91 Å². The Kier molecular flexibility index (Phi) is 5.30. The third-order valence-corrected chi connectivity index (χ3v) is 4.77. The number of hydrogen-bond acceptors (Lipinski definition) is 4. The summed E-state index contributed by atoms with van der Waals surface area (Å²) in [4.78, 5) is 12.2. The van der Waals surface area contributed by atoms with Crippen LogP contribution >= 0.6 is 11.3 Å². The molecule has 0 saturated heterocycles. The van der Waals surface area contributed by atoms with Gasteiger partial charge in [-0.1, -0.05) is 32.9 Å². The van der Waals surface area contributed by atoms with Gasteiger partial charge < -0.3 is 10.1 Å². The van der Waals surface area contributed by atoms with Crippen LogP contribution in [-0.4, -0.2) is 12.5 Å². The molecule has 0 fully saturated rings. The van der Waals surface area contributed by atoms with Crippen molar-refractivity contribution in [1.82, 2.24) is 0 Å². The Morgan fingerprint density at radius 1 is 1.33 bits per heavy atom. The molecular formula is C19H22N2O2S. The minimum absolute atomic E-state index is 0.0854. The fourth-order valence-corrected chi connectivity index (χ4v) is 3.45. The Labute approximate surface area is 147 Å². The van der Waals surface area contributed by atoms with Gasteiger partial charge in [-0.25, -0.2) is 0 Å². The molecule has 1 N–H and O–H groups in total. The number of amides is 1. The fourth-order valence-electron chi connectivity index (χ4n) is 2.30. The van der Waals surface area contributed by atoms with Gasteiger partial charge in [0.2, 0.25) is 0 Å². The highest BCUT2D eigenvalue weighted by molar-refractivity contribution is 7.14. The first-order chi connectivity index (χ1) is 11.2. The molecule has 1 amide bonds. The summed E-state index contributed by atoms with van der Waals surface area (Å²) in [5.41, 5.74) is 3.48.